The van der Waals surface area contributed by atoms with E-state index in [2.05, 4.69) is 9.97 Å². The molecule has 1 atom stereocenters. The molecule has 0 unspecified atom stereocenters. The Kier molecular flexibility index (Phi) is 5.07. The second kappa shape index (κ2) is 7.42. The van der Waals surface area contributed by atoms with Gasteiger partial charge in [-0.15, -0.1) is 0 Å². The van der Waals surface area contributed by atoms with Crippen LogP contribution in [0.4, 0.5) is 0 Å². The minimum absolute atomic E-state index is 0.00597. The molecule has 1 fully saturated rings. The normalized spacial score (nSPS) is 16.8. The number of hydrogen-bond donors (Lipinski definition) is 1. The van der Waals surface area contributed by atoms with E-state index in [0.717, 1.165) is 18.5 Å². The fourth-order valence-electron chi connectivity index (χ4n) is 3.25. The van der Waals surface area contributed by atoms with Gasteiger partial charge < -0.3 is 10.0 Å². The van der Waals surface area contributed by atoms with Crippen LogP contribution < -0.4 is 0 Å². The van der Waals surface area contributed by atoms with Gasteiger partial charge in [-0.2, -0.15) is 0 Å². The summed E-state index contributed by atoms with van der Waals surface area (Å²) >= 11 is 0. The van der Waals surface area contributed by atoms with Crippen LogP contribution in [-0.4, -0.2) is 38.4 Å². The summed E-state index contributed by atoms with van der Waals surface area (Å²) in [6.45, 7) is 2.50. The van der Waals surface area contributed by atoms with Crippen LogP contribution in [0.5, 0.6) is 0 Å². The first-order valence-electron chi connectivity index (χ1n) is 8.47. The highest BCUT2D eigenvalue weighted by Crippen LogP contribution is 2.32. The van der Waals surface area contributed by atoms with Crippen molar-refractivity contribution in [2.24, 2.45) is 0 Å². The Labute approximate surface area is 146 Å². The molecule has 1 aliphatic rings. The molecule has 3 rings (SSSR count). The molecule has 1 amide bonds. The number of likely N-dealkylation sites (tertiary alicyclic amines) is 1. The third kappa shape index (κ3) is 4.02. The second-order valence-electron chi connectivity index (χ2n) is 6.25. The molecule has 2 aromatic rings. The number of hydrogen-bond acceptors (Lipinski definition) is 4. The summed E-state index contributed by atoms with van der Waals surface area (Å²) in [4.78, 5) is 34.3. The minimum Gasteiger partial charge on any atom is -0.481 e. The first-order valence-corrected chi connectivity index (χ1v) is 8.47. The van der Waals surface area contributed by atoms with Crippen LogP contribution >= 0.6 is 0 Å². The highest BCUT2D eigenvalue weighted by Gasteiger charge is 2.31. The summed E-state index contributed by atoms with van der Waals surface area (Å²) in [5.41, 5.74) is 2.19. The van der Waals surface area contributed by atoms with E-state index in [9.17, 15) is 9.59 Å². The van der Waals surface area contributed by atoms with Crippen molar-refractivity contribution in [2.45, 2.75) is 38.6 Å². The van der Waals surface area contributed by atoms with E-state index in [-0.39, 0.29) is 18.4 Å². The Morgan fingerprint density at radius 3 is 2.72 bits per heavy atom. The van der Waals surface area contributed by atoms with E-state index < -0.39 is 5.97 Å². The Morgan fingerprint density at radius 1 is 1.24 bits per heavy atom. The average Bonchev–Trinajstić information content (AvgIpc) is 3.09. The van der Waals surface area contributed by atoms with Crippen molar-refractivity contribution < 1.29 is 14.7 Å². The Balaban J connectivity index is 1.84. The maximum absolute atomic E-state index is 12.8. The largest absolute Gasteiger partial charge is 0.481 e. The van der Waals surface area contributed by atoms with Crippen LogP contribution in [0.3, 0.4) is 0 Å². The molecule has 1 aromatic heterocycles. The summed E-state index contributed by atoms with van der Waals surface area (Å²) < 4.78 is 0. The molecule has 0 saturated carbocycles. The number of carboxylic acids is 1. The first kappa shape index (κ1) is 17.1. The van der Waals surface area contributed by atoms with E-state index in [1.54, 1.807) is 6.92 Å². The zero-order chi connectivity index (χ0) is 17.8. The topological polar surface area (TPSA) is 83.4 Å². The van der Waals surface area contributed by atoms with Gasteiger partial charge in [-0.05, 0) is 38.0 Å². The van der Waals surface area contributed by atoms with E-state index in [1.807, 2.05) is 41.3 Å². The number of aliphatic carboxylic acids is 1. The van der Waals surface area contributed by atoms with E-state index in [4.69, 9.17) is 5.11 Å². The smallest absolute Gasteiger partial charge is 0.303 e. The lowest BCUT2D eigenvalue weighted by Gasteiger charge is -2.25. The Hall–Kier alpha value is -2.76. The highest BCUT2D eigenvalue weighted by atomic mass is 16.4. The third-order valence-electron chi connectivity index (χ3n) is 4.38. The molecule has 1 aromatic carbocycles. The van der Waals surface area contributed by atoms with Gasteiger partial charge >= 0.3 is 5.97 Å². The number of carbonyl (C=O) groups is 2. The summed E-state index contributed by atoms with van der Waals surface area (Å²) in [5.74, 6) is -0.233. The lowest BCUT2D eigenvalue weighted by Crippen LogP contribution is -2.31. The number of carboxylic acid groups (broad SMARTS) is 1. The molecule has 0 radical (unpaired) electrons. The van der Waals surface area contributed by atoms with Crippen LogP contribution in [0.2, 0.25) is 0 Å². The van der Waals surface area contributed by atoms with Crippen LogP contribution in [0, 0.1) is 6.92 Å². The van der Waals surface area contributed by atoms with Gasteiger partial charge in [-0.3, -0.25) is 9.59 Å². The molecule has 6 nitrogen and oxygen atoms in total. The van der Waals surface area contributed by atoms with Gasteiger partial charge in [0, 0.05) is 24.2 Å². The van der Waals surface area contributed by atoms with Crippen LogP contribution in [0.15, 0.2) is 36.4 Å². The molecule has 0 bridgehead atoms. The summed E-state index contributed by atoms with van der Waals surface area (Å²) in [7, 11) is 0. The summed E-state index contributed by atoms with van der Waals surface area (Å²) in [6.07, 6.45) is 2.18. The molecule has 0 aliphatic carbocycles. The number of aromatic nitrogens is 2. The number of carbonyl (C=O) groups excluding carboxylic acids is 1. The van der Waals surface area contributed by atoms with Crippen LogP contribution in [0.1, 0.15) is 52.9 Å². The van der Waals surface area contributed by atoms with E-state index in [0.29, 0.717) is 30.0 Å². The SMILES string of the molecule is Cc1nc(CCC(=O)O)cc([C@@H]2CCCN2C(=O)c2ccccc2)n1. The number of amides is 1. The van der Waals surface area contributed by atoms with Gasteiger partial charge in [0.25, 0.3) is 5.91 Å². The minimum atomic E-state index is -0.848. The fraction of sp³-hybridized carbons (Fsp3) is 0.368. The average molecular weight is 339 g/mol. The van der Waals surface area contributed by atoms with Gasteiger partial charge in [0.05, 0.1) is 18.2 Å². The molecule has 0 spiro atoms. The molecule has 1 aliphatic heterocycles. The number of aryl methyl sites for hydroxylation is 2. The van der Waals surface area contributed by atoms with E-state index in [1.165, 1.54) is 0 Å². The molecule has 2 heterocycles. The Morgan fingerprint density at radius 2 is 2.00 bits per heavy atom. The van der Waals surface area contributed by atoms with Crippen molar-refractivity contribution in [1.82, 2.24) is 14.9 Å². The number of benzene rings is 1. The number of nitrogens with zero attached hydrogens (tertiary/aromatic N) is 3. The molecule has 1 N–H and O–H groups in total. The standard InChI is InChI=1S/C19H21N3O3/c1-13-20-15(9-10-18(23)24)12-16(21-13)17-8-5-11-22(17)19(25)14-6-3-2-4-7-14/h2-4,6-7,12,17H,5,8-11H2,1H3,(H,23,24)/t17-/m0/s1. The number of rotatable bonds is 5. The van der Waals surface area contributed by atoms with Crippen molar-refractivity contribution in [2.75, 3.05) is 6.54 Å². The molecular formula is C19H21N3O3. The van der Waals surface area contributed by atoms with Gasteiger partial charge in [-0.25, -0.2) is 9.97 Å². The Bertz CT molecular complexity index is 777. The van der Waals surface area contributed by atoms with Gasteiger partial charge in [0.15, 0.2) is 0 Å². The maximum atomic E-state index is 12.8. The van der Waals surface area contributed by atoms with Crippen molar-refractivity contribution in [3.8, 4) is 0 Å². The van der Waals surface area contributed by atoms with Crippen molar-refractivity contribution in [3.63, 3.8) is 0 Å². The molecule has 6 heteroatoms. The third-order valence-corrected chi connectivity index (χ3v) is 4.38. The fourth-order valence-corrected chi connectivity index (χ4v) is 3.25. The first-order chi connectivity index (χ1) is 12.0. The molecule has 25 heavy (non-hydrogen) atoms. The maximum Gasteiger partial charge on any atom is 0.303 e. The van der Waals surface area contributed by atoms with E-state index >= 15 is 0 Å². The van der Waals surface area contributed by atoms with Crippen LogP contribution in [-0.2, 0) is 11.2 Å². The van der Waals surface area contributed by atoms with Crippen molar-refractivity contribution in [3.05, 3.63) is 59.2 Å². The van der Waals surface area contributed by atoms with Crippen molar-refractivity contribution in [1.29, 1.82) is 0 Å². The molecule has 1 saturated heterocycles. The lowest BCUT2D eigenvalue weighted by molar-refractivity contribution is -0.136. The highest BCUT2D eigenvalue weighted by molar-refractivity contribution is 5.94. The lowest BCUT2D eigenvalue weighted by atomic mass is 10.1. The van der Waals surface area contributed by atoms with Crippen LogP contribution in [0.25, 0.3) is 0 Å². The quantitative estimate of drug-likeness (QED) is 0.905. The summed E-state index contributed by atoms with van der Waals surface area (Å²) in [5, 5.41) is 8.87. The molecule has 130 valence electrons. The van der Waals surface area contributed by atoms with Crippen molar-refractivity contribution >= 4 is 11.9 Å². The van der Waals surface area contributed by atoms with Gasteiger partial charge in [0.1, 0.15) is 5.82 Å². The predicted molar refractivity (Wildman–Crippen MR) is 92.2 cm³/mol. The second-order valence-corrected chi connectivity index (χ2v) is 6.25. The van der Waals surface area contributed by atoms with Gasteiger partial charge in [-0.1, -0.05) is 18.2 Å². The zero-order valence-electron chi connectivity index (χ0n) is 14.2. The predicted octanol–water partition coefficient (Wildman–Crippen LogP) is 2.78. The monoisotopic (exact) mass is 339 g/mol. The molecular weight excluding hydrogens is 318 g/mol. The summed E-state index contributed by atoms with van der Waals surface area (Å²) in [6, 6.07) is 11.0. The van der Waals surface area contributed by atoms with Gasteiger partial charge in [0.2, 0.25) is 0 Å². The zero-order valence-corrected chi connectivity index (χ0v) is 14.2.